The van der Waals surface area contributed by atoms with E-state index in [9.17, 15) is 14.0 Å². The molecule has 0 aromatic heterocycles. The Hall–Kier alpha value is -2.69. The molecule has 0 fully saturated rings. The molecule has 4 nitrogen and oxygen atoms in total. The number of anilines is 1. The third-order valence-electron chi connectivity index (χ3n) is 3.07. The van der Waals surface area contributed by atoms with Crippen LogP contribution in [0, 0.1) is 5.82 Å². The van der Waals surface area contributed by atoms with E-state index in [1.807, 2.05) is 0 Å². The topological polar surface area (TPSA) is 55.4 Å². The van der Waals surface area contributed by atoms with Gasteiger partial charge in [0.25, 0.3) is 5.91 Å². The van der Waals surface area contributed by atoms with Crippen molar-refractivity contribution in [2.24, 2.45) is 0 Å². The number of Topliss-reactive ketones (excluding diaryl/α,β-unsaturated/α-hetero) is 1. The fourth-order valence-corrected chi connectivity index (χ4v) is 1.82. The minimum absolute atomic E-state index is 0.0251. The number of benzene rings is 2. The summed E-state index contributed by atoms with van der Waals surface area (Å²) in [6.07, 6.45) is -0.857. The number of hydrogen-bond donors (Lipinski definition) is 1. The van der Waals surface area contributed by atoms with Crippen molar-refractivity contribution in [3.63, 3.8) is 0 Å². The Balaban J connectivity index is 1.99. The molecule has 0 radical (unpaired) electrons. The monoisotopic (exact) mass is 301 g/mol. The second-order valence-corrected chi connectivity index (χ2v) is 4.81. The molecule has 1 unspecified atom stereocenters. The largest absolute Gasteiger partial charge is 0.478 e. The lowest BCUT2D eigenvalue weighted by Crippen LogP contribution is -2.30. The molecular weight excluding hydrogens is 285 g/mol. The molecule has 5 heteroatoms. The van der Waals surface area contributed by atoms with Crippen molar-refractivity contribution in [1.82, 2.24) is 0 Å². The summed E-state index contributed by atoms with van der Waals surface area (Å²) in [5.41, 5.74) is 1.10. The molecule has 0 aliphatic rings. The number of nitrogens with one attached hydrogen (secondary N) is 1. The first kappa shape index (κ1) is 15.7. The second kappa shape index (κ2) is 6.85. The van der Waals surface area contributed by atoms with Gasteiger partial charge in [-0.3, -0.25) is 9.59 Å². The van der Waals surface area contributed by atoms with Gasteiger partial charge in [0.05, 0.1) is 0 Å². The zero-order valence-corrected chi connectivity index (χ0v) is 12.3. The maximum Gasteiger partial charge on any atom is 0.265 e. The highest BCUT2D eigenvalue weighted by molar-refractivity contribution is 5.96. The van der Waals surface area contributed by atoms with Crippen LogP contribution in [0.4, 0.5) is 10.1 Å². The molecular formula is C17H16FNO3. The van der Waals surface area contributed by atoms with Gasteiger partial charge in [-0.1, -0.05) is 12.1 Å². The van der Waals surface area contributed by atoms with E-state index >= 15 is 0 Å². The molecule has 0 aliphatic carbocycles. The summed E-state index contributed by atoms with van der Waals surface area (Å²) >= 11 is 0. The van der Waals surface area contributed by atoms with Crippen molar-refractivity contribution in [2.45, 2.75) is 20.0 Å². The lowest BCUT2D eigenvalue weighted by molar-refractivity contribution is -0.122. The van der Waals surface area contributed by atoms with Gasteiger partial charge >= 0.3 is 0 Å². The molecule has 0 spiro atoms. The summed E-state index contributed by atoms with van der Waals surface area (Å²) in [6, 6.07) is 12.4. The van der Waals surface area contributed by atoms with Gasteiger partial charge < -0.3 is 10.1 Å². The molecule has 22 heavy (non-hydrogen) atoms. The van der Waals surface area contributed by atoms with Gasteiger partial charge in [0.2, 0.25) is 0 Å². The van der Waals surface area contributed by atoms with E-state index in [0.29, 0.717) is 11.3 Å². The van der Waals surface area contributed by atoms with E-state index in [-0.39, 0.29) is 11.5 Å². The lowest BCUT2D eigenvalue weighted by atomic mass is 10.1. The number of ketones is 1. The quantitative estimate of drug-likeness (QED) is 0.861. The predicted molar refractivity (Wildman–Crippen MR) is 81.6 cm³/mol. The fraction of sp³-hybridized carbons (Fsp3) is 0.176. The summed E-state index contributed by atoms with van der Waals surface area (Å²) < 4.78 is 18.8. The van der Waals surface area contributed by atoms with Crippen LogP contribution in [0.1, 0.15) is 24.2 Å². The van der Waals surface area contributed by atoms with Crippen molar-refractivity contribution in [2.75, 3.05) is 5.32 Å². The first-order chi connectivity index (χ1) is 10.5. The number of carbonyl (C=O) groups excluding carboxylic acids is 2. The summed E-state index contributed by atoms with van der Waals surface area (Å²) in [6.45, 7) is 3.00. The predicted octanol–water partition coefficient (Wildman–Crippen LogP) is 3.43. The van der Waals surface area contributed by atoms with Crippen LogP contribution in [0.2, 0.25) is 0 Å². The number of carbonyl (C=O) groups is 2. The Kier molecular flexibility index (Phi) is 4.88. The van der Waals surface area contributed by atoms with Gasteiger partial charge in [-0.15, -0.1) is 0 Å². The number of rotatable bonds is 5. The zero-order valence-electron chi connectivity index (χ0n) is 12.3. The minimum atomic E-state index is -0.857. The first-order valence-electron chi connectivity index (χ1n) is 6.80. The standard InChI is InChI=1S/C17H16FNO3/c1-11(20)13-7-9-14(10-8-13)19-17(21)12(2)22-16-6-4-3-5-15(16)18/h3-10,12H,1-2H3,(H,19,21). The highest BCUT2D eigenvalue weighted by Crippen LogP contribution is 2.18. The summed E-state index contributed by atoms with van der Waals surface area (Å²) in [5, 5.41) is 2.65. The van der Waals surface area contributed by atoms with E-state index in [0.717, 1.165) is 0 Å². The van der Waals surface area contributed by atoms with E-state index in [2.05, 4.69) is 5.32 Å². The molecule has 114 valence electrons. The second-order valence-electron chi connectivity index (χ2n) is 4.81. The van der Waals surface area contributed by atoms with Crippen LogP contribution in [0.3, 0.4) is 0 Å². The van der Waals surface area contributed by atoms with Crippen LogP contribution in [0.15, 0.2) is 48.5 Å². The number of halogens is 1. The van der Waals surface area contributed by atoms with Gasteiger partial charge in [0.15, 0.2) is 23.5 Å². The van der Waals surface area contributed by atoms with Crippen molar-refractivity contribution >= 4 is 17.4 Å². The molecule has 0 saturated carbocycles. The summed E-state index contributed by atoms with van der Waals surface area (Å²) in [7, 11) is 0. The maximum atomic E-state index is 13.5. The van der Waals surface area contributed by atoms with E-state index in [1.54, 1.807) is 36.4 Å². The molecule has 1 amide bonds. The molecule has 0 aliphatic heterocycles. The van der Waals surface area contributed by atoms with Gasteiger partial charge in [-0.25, -0.2) is 4.39 Å². The van der Waals surface area contributed by atoms with Crippen LogP contribution in [0.25, 0.3) is 0 Å². The number of hydrogen-bond acceptors (Lipinski definition) is 3. The third-order valence-corrected chi connectivity index (χ3v) is 3.07. The lowest BCUT2D eigenvalue weighted by Gasteiger charge is -2.15. The fourth-order valence-electron chi connectivity index (χ4n) is 1.82. The van der Waals surface area contributed by atoms with Gasteiger partial charge in [0, 0.05) is 11.3 Å². The molecule has 2 aromatic rings. The van der Waals surface area contributed by atoms with E-state index in [1.165, 1.54) is 26.0 Å². The van der Waals surface area contributed by atoms with Crippen molar-refractivity contribution in [3.05, 3.63) is 59.9 Å². The van der Waals surface area contributed by atoms with Crippen molar-refractivity contribution in [1.29, 1.82) is 0 Å². The first-order valence-corrected chi connectivity index (χ1v) is 6.80. The van der Waals surface area contributed by atoms with Crippen molar-refractivity contribution in [3.8, 4) is 5.75 Å². The Bertz CT molecular complexity index is 683. The average molecular weight is 301 g/mol. The maximum absolute atomic E-state index is 13.5. The van der Waals surface area contributed by atoms with Crippen LogP contribution in [-0.2, 0) is 4.79 Å². The number of amides is 1. The zero-order chi connectivity index (χ0) is 16.1. The van der Waals surface area contributed by atoms with Gasteiger partial charge in [-0.05, 0) is 50.2 Å². The molecule has 0 heterocycles. The molecule has 0 saturated heterocycles. The summed E-state index contributed by atoms with van der Waals surface area (Å²) in [4.78, 5) is 23.2. The molecule has 1 atom stereocenters. The van der Waals surface area contributed by atoms with Crippen LogP contribution >= 0.6 is 0 Å². The summed E-state index contributed by atoms with van der Waals surface area (Å²) in [5.74, 6) is -0.946. The van der Waals surface area contributed by atoms with Crippen LogP contribution in [0.5, 0.6) is 5.75 Å². The van der Waals surface area contributed by atoms with Crippen molar-refractivity contribution < 1.29 is 18.7 Å². The minimum Gasteiger partial charge on any atom is -0.478 e. The highest BCUT2D eigenvalue weighted by atomic mass is 19.1. The Morgan fingerprint density at radius 3 is 2.32 bits per heavy atom. The molecule has 2 aromatic carbocycles. The van der Waals surface area contributed by atoms with Gasteiger partial charge in [0.1, 0.15) is 0 Å². The van der Waals surface area contributed by atoms with E-state index < -0.39 is 17.8 Å². The Morgan fingerprint density at radius 1 is 1.09 bits per heavy atom. The van der Waals surface area contributed by atoms with Crippen LogP contribution < -0.4 is 10.1 Å². The smallest absolute Gasteiger partial charge is 0.265 e. The molecule has 1 N–H and O–H groups in total. The number of ether oxygens (including phenoxy) is 1. The van der Waals surface area contributed by atoms with Gasteiger partial charge in [-0.2, -0.15) is 0 Å². The highest BCUT2D eigenvalue weighted by Gasteiger charge is 2.16. The third kappa shape index (κ3) is 3.91. The molecule has 2 rings (SSSR count). The number of para-hydroxylation sites is 1. The van der Waals surface area contributed by atoms with E-state index in [4.69, 9.17) is 4.74 Å². The normalized spacial score (nSPS) is 11.6. The SMILES string of the molecule is CC(=O)c1ccc(NC(=O)C(C)Oc2ccccc2F)cc1. The Morgan fingerprint density at radius 2 is 1.73 bits per heavy atom. The Labute approximate surface area is 127 Å². The molecule has 0 bridgehead atoms. The van der Waals surface area contributed by atoms with Crippen LogP contribution in [-0.4, -0.2) is 17.8 Å². The average Bonchev–Trinajstić information content (AvgIpc) is 2.50.